The van der Waals surface area contributed by atoms with Crippen LogP contribution >= 0.6 is 11.3 Å². The Kier molecular flexibility index (Phi) is 9.06. The first-order chi connectivity index (χ1) is 17.4. The summed E-state index contributed by atoms with van der Waals surface area (Å²) >= 11 is 1.48. The van der Waals surface area contributed by atoms with Crippen LogP contribution in [0.5, 0.6) is 0 Å². The number of Topliss-reactive ketones (excluding diaryl/α,β-unsaturated/α-hetero) is 1. The van der Waals surface area contributed by atoms with Crippen molar-refractivity contribution in [2.24, 2.45) is 16.8 Å². The molecule has 11 heteroatoms. The van der Waals surface area contributed by atoms with Gasteiger partial charge in [0.15, 0.2) is 5.78 Å². The summed E-state index contributed by atoms with van der Waals surface area (Å²) in [6.07, 6.45) is 0.914. The Morgan fingerprint density at radius 1 is 1.08 bits per heavy atom. The van der Waals surface area contributed by atoms with Gasteiger partial charge in [0.1, 0.15) is 0 Å². The molecule has 0 spiro atoms. The van der Waals surface area contributed by atoms with Gasteiger partial charge >= 0.3 is 0 Å². The van der Waals surface area contributed by atoms with Crippen LogP contribution in [0.15, 0.2) is 52.1 Å². The third-order valence-corrected chi connectivity index (χ3v) is 7.76. The van der Waals surface area contributed by atoms with Gasteiger partial charge in [-0.3, -0.25) is 14.4 Å². The third kappa shape index (κ3) is 7.37. The number of thiophene rings is 1. The van der Waals surface area contributed by atoms with E-state index < -0.39 is 15.9 Å². The average molecular weight is 545 g/mol. The first-order valence-corrected chi connectivity index (χ1v) is 14.3. The number of nitrogens with zero attached hydrogens (tertiary/aromatic N) is 2. The van der Waals surface area contributed by atoms with Crippen molar-refractivity contribution in [3.8, 4) is 0 Å². The van der Waals surface area contributed by atoms with Gasteiger partial charge in [0.05, 0.1) is 29.1 Å². The molecule has 0 aliphatic rings. The molecule has 2 amide bonds. The molecule has 0 bridgehead atoms. The topological polar surface area (TPSA) is 146 Å². The Morgan fingerprint density at radius 3 is 2.30 bits per heavy atom. The molecular formula is C26H32N4O5S2. The Morgan fingerprint density at radius 2 is 1.76 bits per heavy atom. The van der Waals surface area contributed by atoms with Crippen molar-refractivity contribution in [3.63, 3.8) is 0 Å². The lowest BCUT2D eigenvalue weighted by molar-refractivity contribution is -0.130. The maximum absolute atomic E-state index is 13.5. The lowest BCUT2D eigenvalue weighted by Gasteiger charge is -2.23. The summed E-state index contributed by atoms with van der Waals surface area (Å²) in [6.45, 7) is 6.30. The minimum absolute atomic E-state index is 0.0408. The number of aromatic nitrogens is 1. The number of ketones is 1. The first kappa shape index (κ1) is 28.3. The number of nitrogens with two attached hydrogens (primary N) is 2. The number of primary amides is 1. The van der Waals surface area contributed by atoms with Gasteiger partial charge in [-0.25, -0.2) is 13.6 Å². The largest absolute Gasteiger partial charge is 0.366 e. The van der Waals surface area contributed by atoms with E-state index in [0.717, 1.165) is 12.0 Å². The number of sulfonamides is 1. The minimum atomic E-state index is -3.85. The highest BCUT2D eigenvalue weighted by molar-refractivity contribution is 7.89. The van der Waals surface area contributed by atoms with Gasteiger partial charge < -0.3 is 15.2 Å². The summed E-state index contributed by atoms with van der Waals surface area (Å²) < 4.78 is 25.0. The van der Waals surface area contributed by atoms with Crippen molar-refractivity contribution in [3.05, 3.63) is 75.2 Å². The third-order valence-electron chi connectivity index (χ3n) is 6.10. The molecule has 3 aromatic rings. The van der Waals surface area contributed by atoms with E-state index in [2.05, 4.69) is 13.8 Å². The van der Waals surface area contributed by atoms with Gasteiger partial charge in [-0.2, -0.15) is 11.3 Å². The second kappa shape index (κ2) is 11.8. The molecule has 0 saturated carbocycles. The molecular weight excluding hydrogens is 512 g/mol. The molecule has 2 aromatic heterocycles. The van der Waals surface area contributed by atoms with Crippen LogP contribution in [-0.2, 0) is 34.3 Å². The zero-order valence-corrected chi connectivity index (χ0v) is 22.8. The summed E-state index contributed by atoms with van der Waals surface area (Å²) in [4.78, 5) is 40.2. The van der Waals surface area contributed by atoms with Gasteiger partial charge in [-0.05, 0) is 65.4 Å². The van der Waals surface area contributed by atoms with Crippen molar-refractivity contribution < 1.29 is 22.8 Å². The van der Waals surface area contributed by atoms with Crippen molar-refractivity contribution in [1.29, 1.82) is 0 Å². The molecule has 0 aliphatic carbocycles. The molecule has 37 heavy (non-hydrogen) atoms. The van der Waals surface area contributed by atoms with Gasteiger partial charge in [0, 0.05) is 18.8 Å². The molecule has 198 valence electrons. The van der Waals surface area contributed by atoms with E-state index in [-0.39, 0.29) is 41.7 Å². The molecule has 0 aliphatic heterocycles. The van der Waals surface area contributed by atoms with Crippen LogP contribution < -0.4 is 10.9 Å². The second-order valence-electron chi connectivity index (χ2n) is 9.40. The molecule has 2 heterocycles. The molecule has 0 unspecified atom stereocenters. The van der Waals surface area contributed by atoms with E-state index >= 15 is 0 Å². The first-order valence-electron chi connectivity index (χ1n) is 11.8. The molecule has 3 rings (SSSR count). The molecule has 9 nitrogen and oxygen atoms in total. The van der Waals surface area contributed by atoms with Crippen molar-refractivity contribution in [2.45, 2.75) is 51.6 Å². The Balaban J connectivity index is 1.91. The summed E-state index contributed by atoms with van der Waals surface area (Å²) in [5.74, 6) is -0.811. The minimum Gasteiger partial charge on any atom is -0.366 e. The molecule has 0 fully saturated rings. The highest BCUT2D eigenvalue weighted by Crippen LogP contribution is 2.20. The number of carbonyl (C=O) groups excluding carboxylic acids is 3. The Bertz CT molecular complexity index is 1370. The zero-order valence-electron chi connectivity index (χ0n) is 21.1. The number of primary sulfonamides is 1. The van der Waals surface area contributed by atoms with E-state index in [1.54, 1.807) is 23.6 Å². The molecule has 1 aromatic carbocycles. The van der Waals surface area contributed by atoms with Crippen LogP contribution in [0.3, 0.4) is 0 Å². The van der Waals surface area contributed by atoms with Crippen LogP contribution in [0.4, 0.5) is 0 Å². The van der Waals surface area contributed by atoms with Crippen molar-refractivity contribution in [1.82, 2.24) is 9.47 Å². The molecule has 4 N–H and O–H groups in total. The summed E-state index contributed by atoms with van der Waals surface area (Å²) in [5, 5.41) is 8.93. The Labute approximate surface area is 221 Å². The summed E-state index contributed by atoms with van der Waals surface area (Å²) in [6, 6.07) is 9.22. The van der Waals surface area contributed by atoms with E-state index in [9.17, 15) is 22.8 Å². The Hall–Kier alpha value is -3.28. The van der Waals surface area contributed by atoms with E-state index in [1.165, 1.54) is 34.4 Å². The van der Waals surface area contributed by atoms with Crippen LogP contribution in [-0.4, -0.2) is 42.0 Å². The number of rotatable bonds is 12. The molecule has 0 saturated heterocycles. The lowest BCUT2D eigenvalue weighted by atomic mass is 10.1. The predicted octanol–water partition coefficient (Wildman–Crippen LogP) is 3.10. The fraction of sp³-hybridized carbons (Fsp3) is 0.346. The standard InChI is InChI=1S/C26H32N4O5S2/c1-17(2)8-10-30-18(3)22(26(27)33)13-23(30)24(31)15-29(25(32)12-20-9-11-36-16-20)14-19-4-6-21(7-5-19)37(28,34)35/h4-7,9,11,13,16-17H,8,10,12,14-15H2,1-3H3,(H2,27,33)(H2,28,34,35). The number of benzene rings is 1. The maximum Gasteiger partial charge on any atom is 0.250 e. The number of hydrogen-bond donors (Lipinski definition) is 2. The summed E-state index contributed by atoms with van der Waals surface area (Å²) in [5.41, 5.74) is 8.24. The summed E-state index contributed by atoms with van der Waals surface area (Å²) in [7, 11) is -3.85. The normalized spacial score (nSPS) is 11.6. The van der Waals surface area contributed by atoms with E-state index in [4.69, 9.17) is 10.9 Å². The number of hydrogen-bond acceptors (Lipinski definition) is 6. The van der Waals surface area contributed by atoms with Gasteiger partial charge in [0.25, 0.3) is 5.91 Å². The smallest absolute Gasteiger partial charge is 0.250 e. The van der Waals surface area contributed by atoms with Crippen LogP contribution in [0.2, 0.25) is 0 Å². The van der Waals surface area contributed by atoms with Gasteiger partial charge in [-0.1, -0.05) is 26.0 Å². The monoisotopic (exact) mass is 544 g/mol. The number of carbonyl (C=O) groups is 3. The maximum atomic E-state index is 13.5. The predicted molar refractivity (Wildman–Crippen MR) is 143 cm³/mol. The zero-order chi connectivity index (χ0) is 27.3. The number of amides is 2. The lowest BCUT2D eigenvalue weighted by Crippen LogP contribution is -2.37. The molecule has 0 radical (unpaired) electrons. The van der Waals surface area contributed by atoms with E-state index in [1.807, 2.05) is 16.8 Å². The van der Waals surface area contributed by atoms with E-state index in [0.29, 0.717) is 29.4 Å². The van der Waals surface area contributed by atoms with Crippen molar-refractivity contribution in [2.75, 3.05) is 6.54 Å². The SMILES string of the molecule is Cc1c(C(N)=O)cc(C(=O)CN(Cc2ccc(S(N)(=O)=O)cc2)C(=O)Cc2ccsc2)n1CCC(C)C. The average Bonchev–Trinajstić information content (AvgIpc) is 3.44. The second-order valence-corrected chi connectivity index (χ2v) is 11.7. The van der Waals surface area contributed by atoms with Crippen molar-refractivity contribution >= 4 is 39.0 Å². The fourth-order valence-electron chi connectivity index (χ4n) is 3.97. The van der Waals surface area contributed by atoms with Crippen LogP contribution in [0, 0.1) is 12.8 Å². The van der Waals surface area contributed by atoms with Crippen LogP contribution in [0.25, 0.3) is 0 Å². The van der Waals surface area contributed by atoms with Gasteiger partial charge in [-0.15, -0.1) is 0 Å². The highest BCUT2D eigenvalue weighted by Gasteiger charge is 2.25. The van der Waals surface area contributed by atoms with Gasteiger partial charge in [0.2, 0.25) is 15.9 Å². The molecule has 0 atom stereocenters. The quantitative estimate of drug-likeness (QED) is 0.337. The van der Waals surface area contributed by atoms with Crippen LogP contribution in [0.1, 0.15) is 57.9 Å². The fourth-order valence-corrected chi connectivity index (χ4v) is 5.16. The highest BCUT2D eigenvalue weighted by atomic mass is 32.2.